The summed E-state index contributed by atoms with van der Waals surface area (Å²) in [5.74, 6) is 0. The third-order valence-electron chi connectivity index (χ3n) is 3.94. The van der Waals surface area contributed by atoms with Gasteiger partial charge in [-0.05, 0) is 25.7 Å². The predicted octanol–water partition coefficient (Wildman–Crippen LogP) is 4.26. The van der Waals surface area contributed by atoms with Gasteiger partial charge in [-0.15, -0.1) is 0 Å². The number of hydrogen-bond acceptors (Lipinski definition) is 3. The molecule has 0 aliphatic rings. The number of quaternary nitrogens is 1. The molecule has 0 atom stereocenters. The molecule has 0 aliphatic carbocycles. The van der Waals surface area contributed by atoms with Gasteiger partial charge in [-0.25, -0.2) is 0 Å². The number of rotatable bonds is 12. The van der Waals surface area contributed by atoms with E-state index < -0.39 is 12.4 Å². The van der Waals surface area contributed by atoms with Gasteiger partial charge in [0.1, 0.15) is 0 Å². The quantitative estimate of drug-likeness (QED) is 0.477. The second kappa shape index (κ2) is 14.9. The summed E-state index contributed by atoms with van der Waals surface area (Å²) in [7, 11) is 4.02. The molecule has 0 aromatic carbocycles. The van der Waals surface area contributed by atoms with E-state index in [1.807, 2.05) is 0 Å². The summed E-state index contributed by atoms with van der Waals surface area (Å²) in [6, 6.07) is 0. The summed E-state index contributed by atoms with van der Waals surface area (Å²) < 4.78 is 28.2. The van der Waals surface area contributed by atoms with Gasteiger partial charge >= 0.3 is 34.2 Å². The van der Waals surface area contributed by atoms with Crippen molar-refractivity contribution in [3.8, 4) is 0 Å². The van der Waals surface area contributed by atoms with Crippen LogP contribution in [0.1, 0.15) is 79.1 Å². The third kappa shape index (κ3) is 18.4. The SMILES string of the molecule is CCCC[N+](CCCC)(CCCC)CCCC.[O]=[Cr](=[O])([O-])[Cl]. The van der Waals surface area contributed by atoms with Gasteiger partial charge in [0.2, 0.25) is 0 Å². The fraction of sp³-hybridized carbons (Fsp3) is 1.00. The maximum atomic E-state index is 8.91. The molecule has 0 saturated carbocycles. The molecule has 0 heterocycles. The molecule has 0 saturated heterocycles. The monoisotopic (exact) mass is 377 g/mol. The molecular formula is C16H36ClCrNO3. The van der Waals surface area contributed by atoms with Crippen molar-refractivity contribution >= 4 is 10.0 Å². The molecule has 0 aromatic heterocycles. The van der Waals surface area contributed by atoms with E-state index in [1.165, 1.54) is 82.0 Å². The first-order valence-electron chi connectivity index (χ1n) is 8.75. The van der Waals surface area contributed by atoms with E-state index in [4.69, 9.17) is 11.8 Å². The molecule has 0 amide bonds. The molecule has 22 heavy (non-hydrogen) atoms. The molecule has 0 radical (unpaired) electrons. The summed E-state index contributed by atoms with van der Waals surface area (Å²) in [5, 5.41) is 0. The number of unbranched alkanes of at least 4 members (excludes halogenated alkanes) is 4. The number of hydrogen-bond donors (Lipinski definition) is 0. The van der Waals surface area contributed by atoms with Gasteiger partial charge < -0.3 is 4.48 Å². The fourth-order valence-electron chi connectivity index (χ4n) is 2.64. The van der Waals surface area contributed by atoms with Gasteiger partial charge in [0, 0.05) is 0 Å². The van der Waals surface area contributed by atoms with Gasteiger partial charge in [-0.3, -0.25) is 0 Å². The van der Waals surface area contributed by atoms with Crippen LogP contribution >= 0.6 is 10.0 Å². The fourth-order valence-corrected chi connectivity index (χ4v) is 2.64. The predicted molar refractivity (Wildman–Crippen MR) is 86.6 cm³/mol. The van der Waals surface area contributed by atoms with E-state index in [0.717, 1.165) is 0 Å². The van der Waals surface area contributed by atoms with Crippen molar-refractivity contribution in [3.05, 3.63) is 0 Å². The van der Waals surface area contributed by atoms with E-state index in [0.29, 0.717) is 0 Å². The first-order valence-corrected chi connectivity index (χ1v) is 12.1. The molecule has 0 unspecified atom stereocenters. The molecule has 0 rings (SSSR count). The van der Waals surface area contributed by atoms with Crippen molar-refractivity contribution in [2.45, 2.75) is 79.1 Å². The Morgan fingerprint density at radius 3 is 1.05 bits per heavy atom. The van der Waals surface area contributed by atoms with Crippen LogP contribution in [0.15, 0.2) is 0 Å². The molecule has 6 heteroatoms. The Balaban J connectivity index is 0. The second-order valence-corrected chi connectivity index (χ2v) is 8.83. The van der Waals surface area contributed by atoms with Gasteiger partial charge in [0.15, 0.2) is 0 Å². The van der Waals surface area contributed by atoms with Crippen molar-refractivity contribution in [3.63, 3.8) is 0 Å². The second-order valence-electron chi connectivity index (χ2n) is 6.04. The average molecular weight is 378 g/mol. The third-order valence-corrected chi connectivity index (χ3v) is 3.94. The topological polar surface area (TPSA) is 57.2 Å². The van der Waals surface area contributed by atoms with Gasteiger partial charge in [-0.1, -0.05) is 53.4 Å². The normalized spacial score (nSPS) is 11.9. The Bertz CT molecular complexity index is 289. The molecular weight excluding hydrogens is 342 g/mol. The van der Waals surface area contributed by atoms with Crippen molar-refractivity contribution in [2.75, 3.05) is 26.2 Å². The molecule has 0 N–H and O–H groups in total. The number of halogens is 1. The van der Waals surface area contributed by atoms with Crippen LogP contribution in [0.2, 0.25) is 0 Å². The van der Waals surface area contributed by atoms with Gasteiger partial charge in [0.05, 0.1) is 26.2 Å². The summed E-state index contributed by atoms with van der Waals surface area (Å²) in [4.78, 5) is 0. The Kier molecular flexibility index (Phi) is 16.7. The average Bonchev–Trinajstić information content (AvgIpc) is 2.44. The van der Waals surface area contributed by atoms with E-state index in [2.05, 4.69) is 37.7 Å². The summed E-state index contributed by atoms with van der Waals surface area (Å²) in [6.45, 7) is 15.0. The van der Waals surface area contributed by atoms with E-state index in [1.54, 1.807) is 0 Å². The van der Waals surface area contributed by atoms with Crippen LogP contribution in [0.5, 0.6) is 0 Å². The molecule has 0 bridgehead atoms. The van der Waals surface area contributed by atoms with Crippen LogP contribution in [0.25, 0.3) is 0 Å². The minimum absolute atomic E-state index is 1.35. The van der Waals surface area contributed by atoms with Crippen LogP contribution in [0, 0.1) is 0 Å². The zero-order chi connectivity index (χ0) is 17.5. The molecule has 4 nitrogen and oxygen atoms in total. The standard InChI is InChI=1S/C16H36N.ClH.Cr.3O/c1-5-9-13-17(14-10-6-2,15-11-7-3)16-12-8-4;;;;;/h5-16H2,1-4H3;1H;;;;/q+1;;+1;;;-1/p-1. The molecule has 136 valence electrons. The maximum absolute atomic E-state index is 8.91. The molecule has 0 fully saturated rings. The van der Waals surface area contributed by atoms with Crippen LogP contribution < -0.4 is 4.16 Å². The first kappa shape index (κ1) is 24.6. The van der Waals surface area contributed by atoms with E-state index >= 15 is 0 Å². The van der Waals surface area contributed by atoms with Crippen LogP contribution in [0.4, 0.5) is 0 Å². The van der Waals surface area contributed by atoms with E-state index in [9.17, 15) is 0 Å². The summed E-state index contributed by atoms with van der Waals surface area (Å²) in [5.41, 5.74) is 0. The first-order chi connectivity index (χ1) is 10.2. The Labute approximate surface area is 144 Å². The van der Waals surface area contributed by atoms with Crippen LogP contribution in [0.3, 0.4) is 0 Å². The molecule has 0 aliphatic heterocycles. The van der Waals surface area contributed by atoms with Gasteiger partial charge in [-0.2, -0.15) is 0 Å². The molecule has 0 aromatic rings. The summed E-state index contributed by atoms with van der Waals surface area (Å²) in [6.07, 6.45) is 11.1. The Hall–Kier alpha value is 0.342. The van der Waals surface area contributed by atoms with E-state index in [-0.39, 0.29) is 0 Å². The van der Waals surface area contributed by atoms with Crippen molar-refractivity contribution in [2.24, 2.45) is 0 Å². The Morgan fingerprint density at radius 1 is 0.727 bits per heavy atom. The zero-order valence-electron chi connectivity index (χ0n) is 14.9. The van der Waals surface area contributed by atoms with Crippen LogP contribution in [-0.2, 0) is 20.0 Å². The van der Waals surface area contributed by atoms with Crippen LogP contribution in [-0.4, -0.2) is 30.7 Å². The Morgan fingerprint density at radius 2 is 0.909 bits per heavy atom. The summed E-state index contributed by atoms with van der Waals surface area (Å²) >= 11 is -5.03. The van der Waals surface area contributed by atoms with Crippen molar-refractivity contribution in [1.29, 1.82) is 0 Å². The zero-order valence-corrected chi connectivity index (χ0v) is 17.0. The van der Waals surface area contributed by atoms with Crippen molar-refractivity contribution in [1.82, 2.24) is 0 Å². The molecule has 0 spiro atoms. The minimum atomic E-state index is -5.03. The van der Waals surface area contributed by atoms with Crippen molar-refractivity contribution < 1.29 is 28.6 Å². The number of nitrogens with zero attached hydrogens (tertiary/aromatic N) is 1. The van der Waals surface area contributed by atoms with Gasteiger partial charge in [0.25, 0.3) is 0 Å².